The Morgan fingerprint density at radius 3 is 2.20 bits per heavy atom. The van der Waals surface area contributed by atoms with Gasteiger partial charge in [-0.2, -0.15) is 0 Å². The fourth-order valence-corrected chi connectivity index (χ4v) is 3.72. The van der Waals surface area contributed by atoms with Crippen LogP contribution in [-0.4, -0.2) is 42.2 Å². The molecule has 0 atom stereocenters. The summed E-state index contributed by atoms with van der Waals surface area (Å²) < 4.78 is 0. The Labute approximate surface area is 149 Å². The number of nitrogens with one attached hydrogen (secondary N) is 1. The number of nitrogens with zero attached hydrogens (tertiary/aromatic N) is 1. The third-order valence-electron chi connectivity index (χ3n) is 5.07. The summed E-state index contributed by atoms with van der Waals surface area (Å²) in [5.74, 6) is 0.123. The van der Waals surface area contributed by atoms with Gasteiger partial charge in [0.15, 0.2) is 0 Å². The average molecular weight is 338 g/mol. The molecule has 0 aliphatic carbocycles. The second-order valence-corrected chi connectivity index (χ2v) is 6.63. The Morgan fingerprint density at radius 2 is 1.60 bits per heavy atom. The van der Waals surface area contributed by atoms with Gasteiger partial charge >= 0.3 is 0 Å². The molecule has 2 aromatic rings. The first-order valence-corrected chi connectivity index (χ1v) is 8.97. The highest BCUT2D eigenvalue weighted by atomic mass is 16.3. The van der Waals surface area contributed by atoms with Crippen molar-refractivity contribution >= 4 is 5.91 Å². The van der Waals surface area contributed by atoms with Crippen LogP contribution in [0.3, 0.4) is 0 Å². The van der Waals surface area contributed by atoms with Crippen molar-refractivity contribution in [2.75, 3.05) is 26.2 Å². The minimum atomic E-state index is -0.504. The zero-order chi connectivity index (χ0) is 17.5. The van der Waals surface area contributed by atoms with Crippen LogP contribution in [-0.2, 0) is 16.8 Å². The van der Waals surface area contributed by atoms with Gasteiger partial charge in [0.1, 0.15) is 0 Å². The number of benzene rings is 2. The molecule has 0 spiro atoms. The number of hydrogen-bond donors (Lipinski definition) is 2. The molecule has 1 fully saturated rings. The van der Waals surface area contributed by atoms with Crippen LogP contribution in [0.2, 0.25) is 0 Å². The highest BCUT2D eigenvalue weighted by molar-refractivity contribution is 5.88. The molecule has 0 aromatic heterocycles. The second-order valence-electron chi connectivity index (χ2n) is 6.63. The van der Waals surface area contributed by atoms with Gasteiger partial charge in [0.2, 0.25) is 5.91 Å². The molecule has 1 saturated heterocycles. The molecule has 0 saturated carbocycles. The van der Waals surface area contributed by atoms with E-state index in [0.717, 1.165) is 37.1 Å². The molecule has 1 aliphatic heterocycles. The SMILES string of the molecule is O=C(N(CCO)Cc1ccccc1)C1(c2ccccc2)CCNCC1. The van der Waals surface area contributed by atoms with Crippen molar-refractivity contribution < 1.29 is 9.90 Å². The van der Waals surface area contributed by atoms with Gasteiger partial charge in [0, 0.05) is 13.1 Å². The molecule has 25 heavy (non-hydrogen) atoms. The number of aliphatic hydroxyl groups excluding tert-OH is 1. The van der Waals surface area contributed by atoms with Crippen molar-refractivity contribution in [3.8, 4) is 0 Å². The number of amides is 1. The number of carbonyl (C=O) groups excluding carboxylic acids is 1. The molecule has 132 valence electrons. The number of piperidine rings is 1. The van der Waals surface area contributed by atoms with Gasteiger partial charge in [-0.05, 0) is 37.1 Å². The molecule has 2 N–H and O–H groups in total. The molecular weight excluding hydrogens is 312 g/mol. The maximum absolute atomic E-state index is 13.6. The van der Waals surface area contributed by atoms with Crippen molar-refractivity contribution in [3.63, 3.8) is 0 Å². The molecule has 0 bridgehead atoms. The van der Waals surface area contributed by atoms with Gasteiger partial charge in [-0.3, -0.25) is 4.79 Å². The molecule has 4 nitrogen and oxygen atoms in total. The van der Waals surface area contributed by atoms with E-state index < -0.39 is 5.41 Å². The lowest BCUT2D eigenvalue weighted by molar-refractivity contribution is -0.139. The number of rotatable bonds is 6. The summed E-state index contributed by atoms with van der Waals surface area (Å²) in [6.07, 6.45) is 1.57. The number of carbonyl (C=O) groups is 1. The highest BCUT2D eigenvalue weighted by Crippen LogP contribution is 2.36. The maximum Gasteiger partial charge on any atom is 0.233 e. The van der Waals surface area contributed by atoms with Crippen LogP contribution in [0.5, 0.6) is 0 Å². The minimum Gasteiger partial charge on any atom is -0.395 e. The van der Waals surface area contributed by atoms with E-state index in [1.807, 2.05) is 53.4 Å². The summed E-state index contributed by atoms with van der Waals surface area (Å²) >= 11 is 0. The first-order valence-electron chi connectivity index (χ1n) is 8.97. The Hall–Kier alpha value is -2.17. The van der Waals surface area contributed by atoms with Gasteiger partial charge in [-0.25, -0.2) is 0 Å². The smallest absolute Gasteiger partial charge is 0.233 e. The second kappa shape index (κ2) is 8.28. The largest absolute Gasteiger partial charge is 0.395 e. The number of hydrogen-bond acceptors (Lipinski definition) is 3. The van der Waals surface area contributed by atoms with E-state index in [1.54, 1.807) is 0 Å². The van der Waals surface area contributed by atoms with Crippen molar-refractivity contribution in [2.24, 2.45) is 0 Å². The van der Waals surface area contributed by atoms with Crippen molar-refractivity contribution in [1.29, 1.82) is 0 Å². The Bertz CT molecular complexity index is 667. The first-order chi connectivity index (χ1) is 12.3. The van der Waals surface area contributed by atoms with E-state index in [0.29, 0.717) is 13.1 Å². The zero-order valence-electron chi connectivity index (χ0n) is 14.5. The van der Waals surface area contributed by atoms with E-state index in [2.05, 4.69) is 17.4 Å². The molecule has 4 heteroatoms. The van der Waals surface area contributed by atoms with Gasteiger partial charge in [-0.15, -0.1) is 0 Å². The molecule has 1 aliphatic rings. The fraction of sp³-hybridized carbons (Fsp3) is 0.381. The fourth-order valence-electron chi connectivity index (χ4n) is 3.72. The maximum atomic E-state index is 13.6. The summed E-state index contributed by atoms with van der Waals surface area (Å²) in [5.41, 5.74) is 1.66. The average Bonchev–Trinajstić information content (AvgIpc) is 2.69. The van der Waals surface area contributed by atoms with Crippen LogP contribution in [0.15, 0.2) is 60.7 Å². The Balaban J connectivity index is 1.91. The lowest BCUT2D eigenvalue weighted by Gasteiger charge is -2.40. The third kappa shape index (κ3) is 3.91. The molecule has 1 amide bonds. The zero-order valence-corrected chi connectivity index (χ0v) is 14.5. The Kier molecular flexibility index (Phi) is 5.84. The third-order valence-corrected chi connectivity index (χ3v) is 5.07. The van der Waals surface area contributed by atoms with Crippen LogP contribution in [0.1, 0.15) is 24.0 Å². The standard InChI is InChI=1S/C21H26N2O2/c24-16-15-23(17-18-7-3-1-4-8-18)20(25)21(11-13-22-14-12-21)19-9-5-2-6-10-19/h1-10,22,24H,11-17H2. The predicted octanol–water partition coefficient (Wildman–Crippen LogP) is 2.33. The van der Waals surface area contributed by atoms with Crippen LogP contribution >= 0.6 is 0 Å². The van der Waals surface area contributed by atoms with E-state index in [9.17, 15) is 9.90 Å². The molecule has 0 unspecified atom stereocenters. The minimum absolute atomic E-state index is 0.0261. The summed E-state index contributed by atoms with van der Waals surface area (Å²) in [4.78, 5) is 15.4. The van der Waals surface area contributed by atoms with Crippen LogP contribution in [0.4, 0.5) is 0 Å². The van der Waals surface area contributed by atoms with Gasteiger partial charge in [0.05, 0.1) is 12.0 Å². The highest BCUT2D eigenvalue weighted by Gasteiger charge is 2.43. The molecule has 0 radical (unpaired) electrons. The van der Waals surface area contributed by atoms with E-state index >= 15 is 0 Å². The van der Waals surface area contributed by atoms with Crippen LogP contribution in [0.25, 0.3) is 0 Å². The van der Waals surface area contributed by atoms with Crippen molar-refractivity contribution in [1.82, 2.24) is 10.2 Å². The topological polar surface area (TPSA) is 52.6 Å². The van der Waals surface area contributed by atoms with Crippen LogP contribution in [0, 0.1) is 0 Å². The summed E-state index contributed by atoms with van der Waals surface area (Å²) in [7, 11) is 0. The predicted molar refractivity (Wildman–Crippen MR) is 99.2 cm³/mol. The van der Waals surface area contributed by atoms with Gasteiger partial charge < -0.3 is 15.3 Å². The quantitative estimate of drug-likeness (QED) is 0.850. The van der Waals surface area contributed by atoms with E-state index in [-0.39, 0.29) is 12.5 Å². The summed E-state index contributed by atoms with van der Waals surface area (Å²) in [5, 5.41) is 12.9. The molecule has 2 aromatic carbocycles. The summed E-state index contributed by atoms with van der Waals surface area (Å²) in [6.45, 7) is 2.53. The molecule has 3 rings (SSSR count). The first kappa shape index (κ1) is 17.6. The lowest BCUT2D eigenvalue weighted by Crippen LogP contribution is -2.52. The molecular formula is C21H26N2O2. The van der Waals surface area contributed by atoms with Gasteiger partial charge in [0.25, 0.3) is 0 Å². The monoisotopic (exact) mass is 338 g/mol. The van der Waals surface area contributed by atoms with E-state index in [1.165, 1.54) is 0 Å². The Morgan fingerprint density at radius 1 is 1.00 bits per heavy atom. The number of aliphatic hydroxyl groups is 1. The lowest BCUT2D eigenvalue weighted by atomic mass is 9.72. The molecule has 1 heterocycles. The van der Waals surface area contributed by atoms with E-state index in [4.69, 9.17) is 0 Å². The van der Waals surface area contributed by atoms with Crippen molar-refractivity contribution in [2.45, 2.75) is 24.8 Å². The van der Waals surface area contributed by atoms with Crippen LogP contribution < -0.4 is 5.32 Å². The van der Waals surface area contributed by atoms with Crippen molar-refractivity contribution in [3.05, 3.63) is 71.8 Å². The summed E-state index contributed by atoms with van der Waals surface area (Å²) in [6, 6.07) is 20.1. The normalized spacial score (nSPS) is 16.4. The van der Waals surface area contributed by atoms with Gasteiger partial charge in [-0.1, -0.05) is 60.7 Å².